The number of fused-ring (bicyclic) bond motifs is 1. The maximum Gasteiger partial charge on any atom is 0.240 e. The lowest BCUT2D eigenvalue weighted by Gasteiger charge is -2.19. The lowest BCUT2D eigenvalue weighted by atomic mass is 9.98. The quantitative estimate of drug-likeness (QED) is 0.801. The van der Waals surface area contributed by atoms with Gasteiger partial charge >= 0.3 is 0 Å². The topological polar surface area (TPSA) is 64.6 Å². The Balaban J connectivity index is 1.81. The molecule has 2 aromatic rings. The predicted octanol–water partition coefficient (Wildman–Crippen LogP) is 3.44. The van der Waals surface area contributed by atoms with Crippen molar-refractivity contribution in [2.45, 2.75) is 25.3 Å². The normalized spacial score (nSPS) is 13.7. The van der Waals surface area contributed by atoms with Crippen LogP contribution in [-0.2, 0) is 21.4 Å². The van der Waals surface area contributed by atoms with E-state index >= 15 is 0 Å². The second-order valence-corrected chi connectivity index (χ2v) is 8.30. The van der Waals surface area contributed by atoms with Gasteiger partial charge in [-0.2, -0.15) is 0 Å². The van der Waals surface area contributed by atoms with Crippen molar-refractivity contribution < 1.29 is 17.9 Å². The lowest BCUT2D eigenvalue weighted by Crippen LogP contribution is -2.25. The van der Waals surface area contributed by atoms with E-state index in [0.29, 0.717) is 13.2 Å². The zero-order valence-electron chi connectivity index (χ0n) is 15.7. The molecular weight excluding hydrogens is 362 g/mol. The van der Waals surface area contributed by atoms with Gasteiger partial charge in [-0.05, 0) is 60.9 Å². The summed E-state index contributed by atoms with van der Waals surface area (Å²) in [5.41, 5.74) is 8.09. The first kappa shape index (κ1) is 19.4. The molecule has 0 aliphatic carbocycles. The Morgan fingerprint density at radius 1 is 1.19 bits per heavy atom. The van der Waals surface area contributed by atoms with Gasteiger partial charge in [0.25, 0.3) is 0 Å². The summed E-state index contributed by atoms with van der Waals surface area (Å²) in [5, 5.41) is 0. The van der Waals surface area contributed by atoms with Crippen LogP contribution in [0.4, 0.5) is 0 Å². The summed E-state index contributed by atoms with van der Waals surface area (Å²) in [5.74, 6) is 0.783. The highest BCUT2D eigenvalue weighted by atomic mass is 32.2. The van der Waals surface area contributed by atoms with Crippen LogP contribution in [-0.4, -0.2) is 28.7 Å². The van der Waals surface area contributed by atoms with Gasteiger partial charge in [-0.25, -0.2) is 13.1 Å². The second-order valence-electron chi connectivity index (χ2n) is 6.54. The fourth-order valence-corrected chi connectivity index (χ4v) is 3.93. The number of aryl methyl sites for hydroxylation is 1. The van der Waals surface area contributed by atoms with Crippen LogP contribution in [0.2, 0.25) is 0 Å². The number of hydrogen-bond acceptors (Lipinski definition) is 4. The molecule has 142 valence electrons. The molecule has 0 saturated carbocycles. The average Bonchev–Trinajstić information content (AvgIpc) is 2.66. The van der Waals surface area contributed by atoms with Gasteiger partial charge in [-0.1, -0.05) is 17.7 Å². The van der Waals surface area contributed by atoms with Crippen LogP contribution in [0.1, 0.15) is 23.6 Å². The standard InChI is InChI=1S/C21H23NO4S/c1-15-4-7-20(8-5-15)27(23,24)22-12-16(2)10-17-13-26-14-18-11-19(25-3)6-9-21(17)18/h4-9,11,22H,12-14H2,1-3H3. The largest absolute Gasteiger partial charge is 0.497 e. The van der Waals surface area contributed by atoms with E-state index in [2.05, 4.69) is 10.5 Å². The molecule has 0 atom stereocenters. The second kappa shape index (κ2) is 8.11. The van der Waals surface area contributed by atoms with Gasteiger partial charge in [-0.15, -0.1) is 5.73 Å². The SMILES string of the molecule is COc1ccc2c(c1)COCC2=C=C(C)CNS(=O)(=O)c1ccc(C)cc1. The van der Waals surface area contributed by atoms with E-state index in [0.717, 1.165) is 33.6 Å². The van der Waals surface area contributed by atoms with E-state index in [1.54, 1.807) is 31.4 Å². The van der Waals surface area contributed by atoms with Crippen molar-refractivity contribution in [2.75, 3.05) is 20.3 Å². The minimum atomic E-state index is -3.55. The lowest BCUT2D eigenvalue weighted by molar-refractivity contribution is 0.146. The van der Waals surface area contributed by atoms with Gasteiger partial charge < -0.3 is 9.47 Å². The molecule has 6 heteroatoms. The number of nitrogens with one attached hydrogen (secondary N) is 1. The Bertz CT molecular complexity index is 1000. The first-order valence-electron chi connectivity index (χ1n) is 8.65. The summed E-state index contributed by atoms with van der Waals surface area (Å²) in [6, 6.07) is 12.6. The van der Waals surface area contributed by atoms with Crippen molar-refractivity contribution in [3.05, 3.63) is 70.5 Å². The molecule has 5 nitrogen and oxygen atoms in total. The molecule has 0 spiro atoms. The van der Waals surface area contributed by atoms with Crippen molar-refractivity contribution in [3.63, 3.8) is 0 Å². The Kier molecular flexibility index (Phi) is 5.82. The van der Waals surface area contributed by atoms with Gasteiger partial charge in [-0.3, -0.25) is 0 Å². The predicted molar refractivity (Wildman–Crippen MR) is 105 cm³/mol. The fraction of sp³-hybridized carbons (Fsp3) is 0.286. The average molecular weight is 385 g/mol. The summed E-state index contributed by atoms with van der Waals surface area (Å²) >= 11 is 0. The van der Waals surface area contributed by atoms with E-state index in [1.807, 2.05) is 32.0 Å². The fourth-order valence-electron chi connectivity index (χ4n) is 2.86. The molecule has 0 bridgehead atoms. The Hall–Kier alpha value is -2.37. The highest BCUT2D eigenvalue weighted by Gasteiger charge is 2.16. The van der Waals surface area contributed by atoms with Crippen molar-refractivity contribution >= 4 is 15.6 Å². The third kappa shape index (κ3) is 4.67. The summed E-state index contributed by atoms with van der Waals surface area (Å²) in [6.07, 6.45) is 0. The Labute approximate surface area is 160 Å². The van der Waals surface area contributed by atoms with Gasteiger partial charge in [0.15, 0.2) is 0 Å². The van der Waals surface area contributed by atoms with E-state index < -0.39 is 10.0 Å². The molecule has 0 unspecified atom stereocenters. The third-order valence-corrected chi connectivity index (χ3v) is 5.78. The maximum absolute atomic E-state index is 12.4. The molecule has 27 heavy (non-hydrogen) atoms. The van der Waals surface area contributed by atoms with Crippen LogP contribution >= 0.6 is 0 Å². The van der Waals surface area contributed by atoms with Crippen LogP contribution in [0.5, 0.6) is 5.75 Å². The first-order chi connectivity index (χ1) is 12.9. The third-order valence-electron chi connectivity index (χ3n) is 4.36. The minimum Gasteiger partial charge on any atom is -0.497 e. The molecule has 0 radical (unpaired) electrons. The summed E-state index contributed by atoms with van der Waals surface area (Å²) < 4.78 is 38.3. The van der Waals surface area contributed by atoms with Gasteiger partial charge in [0.1, 0.15) is 5.75 Å². The molecule has 0 saturated heterocycles. The van der Waals surface area contributed by atoms with Crippen LogP contribution in [0.15, 0.2) is 58.7 Å². The number of benzene rings is 2. The molecule has 0 fully saturated rings. The molecule has 1 N–H and O–H groups in total. The summed E-state index contributed by atoms with van der Waals surface area (Å²) in [7, 11) is -1.92. The van der Waals surface area contributed by atoms with E-state index in [9.17, 15) is 8.42 Å². The molecule has 3 rings (SSSR count). The number of sulfonamides is 1. The zero-order chi connectivity index (χ0) is 19.4. The van der Waals surface area contributed by atoms with Crippen LogP contribution in [0.25, 0.3) is 5.57 Å². The highest BCUT2D eigenvalue weighted by molar-refractivity contribution is 7.89. The molecule has 2 aromatic carbocycles. The zero-order valence-corrected chi connectivity index (χ0v) is 16.5. The van der Waals surface area contributed by atoms with Crippen molar-refractivity contribution in [2.24, 2.45) is 0 Å². The van der Waals surface area contributed by atoms with Gasteiger partial charge in [0.05, 0.1) is 25.2 Å². The maximum atomic E-state index is 12.4. The van der Waals surface area contributed by atoms with Gasteiger partial charge in [0, 0.05) is 12.1 Å². The molecule has 1 aliphatic heterocycles. The van der Waals surface area contributed by atoms with Gasteiger partial charge in [0.2, 0.25) is 10.0 Å². The molecule has 0 aromatic heterocycles. The monoisotopic (exact) mass is 385 g/mol. The van der Waals surface area contributed by atoms with Crippen LogP contribution in [0, 0.1) is 6.92 Å². The first-order valence-corrected chi connectivity index (χ1v) is 10.1. The van der Waals surface area contributed by atoms with E-state index in [-0.39, 0.29) is 11.4 Å². The van der Waals surface area contributed by atoms with E-state index in [4.69, 9.17) is 9.47 Å². The number of ether oxygens (including phenoxy) is 2. The summed E-state index contributed by atoms with van der Waals surface area (Å²) in [6.45, 7) is 4.93. The van der Waals surface area contributed by atoms with E-state index in [1.165, 1.54) is 0 Å². The number of rotatable bonds is 5. The van der Waals surface area contributed by atoms with Crippen molar-refractivity contribution in [1.29, 1.82) is 0 Å². The van der Waals surface area contributed by atoms with Crippen molar-refractivity contribution in [3.8, 4) is 5.75 Å². The smallest absolute Gasteiger partial charge is 0.240 e. The molecule has 1 aliphatic rings. The molecule has 1 heterocycles. The highest BCUT2D eigenvalue weighted by Crippen LogP contribution is 2.28. The van der Waals surface area contributed by atoms with Crippen LogP contribution < -0.4 is 9.46 Å². The van der Waals surface area contributed by atoms with Crippen LogP contribution in [0.3, 0.4) is 0 Å². The number of methoxy groups -OCH3 is 1. The Morgan fingerprint density at radius 2 is 1.93 bits per heavy atom. The van der Waals surface area contributed by atoms with Crippen molar-refractivity contribution in [1.82, 2.24) is 4.72 Å². The Morgan fingerprint density at radius 3 is 2.63 bits per heavy atom. The number of hydrogen-bond donors (Lipinski definition) is 1. The minimum absolute atomic E-state index is 0.186. The molecular formula is C21H23NO4S. The molecule has 0 amide bonds. The summed E-state index contributed by atoms with van der Waals surface area (Å²) in [4.78, 5) is 0.256.